The molecule has 0 aliphatic carbocycles. The van der Waals surface area contributed by atoms with Crippen molar-refractivity contribution >= 4 is 27.3 Å². The Bertz CT molecular complexity index is 1300. The summed E-state index contributed by atoms with van der Waals surface area (Å²) in [5, 5.41) is 2.44. The van der Waals surface area contributed by atoms with Crippen LogP contribution in [0.2, 0.25) is 0 Å². The molecule has 0 amide bonds. The van der Waals surface area contributed by atoms with E-state index in [4.69, 9.17) is 4.74 Å². The van der Waals surface area contributed by atoms with E-state index in [1.54, 1.807) is 13.8 Å². The molecule has 188 valence electrons. The van der Waals surface area contributed by atoms with Gasteiger partial charge >= 0.3 is 12.3 Å². The maximum absolute atomic E-state index is 12.7. The van der Waals surface area contributed by atoms with Crippen LogP contribution in [0, 0.1) is 13.8 Å². The molecule has 0 fully saturated rings. The van der Waals surface area contributed by atoms with Gasteiger partial charge < -0.3 is 9.47 Å². The summed E-state index contributed by atoms with van der Waals surface area (Å²) < 4.78 is 73.4. The number of methoxy groups -OCH3 is 1. The van der Waals surface area contributed by atoms with Gasteiger partial charge in [0.25, 0.3) is 0 Å². The van der Waals surface area contributed by atoms with E-state index in [-0.39, 0.29) is 22.8 Å². The number of thiazole rings is 1. The molecule has 0 bridgehead atoms. The van der Waals surface area contributed by atoms with E-state index in [1.165, 1.54) is 54.8 Å². The highest BCUT2D eigenvalue weighted by Gasteiger charge is 2.31. The normalized spacial score (nSPS) is 11.9. The zero-order valence-corrected chi connectivity index (χ0v) is 20.7. The summed E-state index contributed by atoms with van der Waals surface area (Å²) in [4.78, 5) is 16.4. The standard InChI is InChI=1S/C23H23F3N2O5S2/c1-14-11-19(12-20(15(14)2)22(29)32-3)35(30,31)27-10-4-5-17-13-34-21(28-17)16-6-8-18(9-7-16)33-23(24,25)26/h6-9,11-13,27H,4-5,10H2,1-3H3. The highest BCUT2D eigenvalue weighted by molar-refractivity contribution is 7.89. The number of aryl methyl sites for hydroxylation is 2. The first-order chi connectivity index (χ1) is 16.4. The third kappa shape index (κ3) is 7.03. The number of nitrogens with one attached hydrogen (secondary N) is 1. The number of carbonyl (C=O) groups is 1. The zero-order chi connectivity index (χ0) is 25.8. The lowest BCUT2D eigenvalue weighted by atomic mass is 10.0. The van der Waals surface area contributed by atoms with Crippen LogP contribution < -0.4 is 9.46 Å². The third-order valence-corrected chi connectivity index (χ3v) is 7.53. The summed E-state index contributed by atoms with van der Waals surface area (Å²) in [7, 11) is -2.61. The number of ether oxygens (including phenoxy) is 2. The van der Waals surface area contributed by atoms with Crippen molar-refractivity contribution < 1.29 is 35.9 Å². The number of halogens is 3. The Kier molecular flexibility index (Phi) is 8.18. The van der Waals surface area contributed by atoms with Crippen LogP contribution in [0.4, 0.5) is 13.2 Å². The quantitative estimate of drug-likeness (QED) is 0.310. The van der Waals surface area contributed by atoms with Gasteiger partial charge in [0.1, 0.15) is 10.8 Å². The number of esters is 1. The number of nitrogens with zero attached hydrogens (tertiary/aromatic N) is 1. The van der Waals surface area contributed by atoms with Crippen LogP contribution in [0.5, 0.6) is 5.75 Å². The van der Waals surface area contributed by atoms with Gasteiger partial charge in [-0.1, -0.05) is 0 Å². The number of sulfonamides is 1. The Balaban J connectivity index is 1.58. The molecule has 12 heteroatoms. The van der Waals surface area contributed by atoms with Crippen molar-refractivity contribution in [3.05, 3.63) is 64.2 Å². The monoisotopic (exact) mass is 528 g/mol. The van der Waals surface area contributed by atoms with Crippen molar-refractivity contribution in [1.82, 2.24) is 9.71 Å². The Morgan fingerprint density at radius 3 is 2.46 bits per heavy atom. The van der Waals surface area contributed by atoms with Crippen LogP contribution in [0.25, 0.3) is 10.6 Å². The molecule has 3 rings (SSSR count). The molecular weight excluding hydrogens is 505 g/mol. The molecule has 3 aromatic rings. The number of hydrogen-bond donors (Lipinski definition) is 1. The molecule has 1 N–H and O–H groups in total. The van der Waals surface area contributed by atoms with Crippen LogP contribution in [-0.2, 0) is 21.2 Å². The van der Waals surface area contributed by atoms with Gasteiger partial charge in [-0.2, -0.15) is 0 Å². The molecule has 2 aromatic carbocycles. The van der Waals surface area contributed by atoms with E-state index in [0.717, 1.165) is 5.69 Å². The van der Waals surface area contributed by atoms with Crippen molar-refractivity contribution in [2.45, 2.75) is 37.9 Å². The molecule has 35 heavy (non-hydrogen) atoms. The van der Waals surface area contributed by atoms with Gasteiger partial charge in [-0.3, -0.25) is 0 Å². The summed E-state index contributed by atoms with van der Waals surface area (Å²) >= 11 is 1.33. The van der Waals surface area contributed by atoms with E-state index in [1.807, 2.05) is 5.38 Å². The molecule has 0 spiro atoms. The summed E-state index contributed by atoms with van der Waals surface area (Å²) in [5.74, 6) is -0.919. The van der Waals surface area contributed by atoms with Gasteiger partial charge in [0.2, 0.25) is 10.0 Å². The molecule has 0 aliphatic heterocycles. The summed E-state index contributed by atoms with van der Waals surface area (Å²) in [6.45, 7) is 3.59. The van der Waals surface area contributed by atoms with Crippen molar-refractivity contribution in [1.29, 1.82) is 0 Å². The number of alkyl halides is 3. The Hall–Kier alpha value is -2.96. The van der Waals surface area contributed by atoms with Crippen LogP contribution in [0.15, 0.2) is 46.7 Å². The van der Waals surface area contributed by atoms with Gasteiger partial charge in [-0.25, -0.2) is 22.9 Å². The van der Waals surface area contributed by atoms with Crippen LogP contribution in [0.3, 0.4) is 0 Å². The average Bonchev–Trinajstić information content (AvgIpc) is 3.26. The molecule has 1 heterocycles. The third-order valence-electron chi connectivity index (χ3n) is 5.14. The Labute approximate surface area is 205 Å². The lowest BCUT2D eigenvalue weighted by Crippen LogP contribution is -2.25. The second kappa shape index (κ2) is 10.8. The maximum atomic E-state index is 12.7. The molecule has 0 radical (unpaired) electrons. The highest BCUT2D eigenvalue weighted by Crippen LogP contribution is 2.28. The summed E-state index contributed by atoms with van der Waals surface area (Å²) in [6, 6.07) is 8.22. The van der Waals surface area contributed by atoms with Gasteiger partial charge in [0, 0.05) is 17.5 Å². The first-order valence-electron chi connectivity index (χ1n) is 10.4. The highest BCUT2D eigenvalue weighted by atomic mass is 32.2. The van der Waals surface area contributed by atoms with Crippen LogP contribution in [0.1, 0.15) is 33.6 Å². The van der Waals surface area contributed by atoms with Crippen molar-refractivity contribution in [2.24, 2.45) is 0 Å². The minimum absolute atomic E-state index is 0.0186. The first kappa shape index (κ1) is 26.6. The molecule has 7 nitrogen and oxygen atoms in total. The minimum atomic E-state index is -4.75. The fourth-order valence-corrected chi connectivity index (χ4v) is 5.26. The lowest BCUT2D eigenvalue weighted by molar-refractivity contribution is -0.274. The number of hydrogen-bond acceptors (Lipinski definition) is 7. The van der Waals surface area contributed by atoms with Gasteiger partial charge in [0.15, 0.2) is 0 Å². The van der Waals surface area contributed by atoms with Crippen molar-refractivity contribution in [2.75, 3.05) is 13.7 Å². The van der Waals surface area contributed by atoms with E-state index in [2.05, 4.69) is 14.4 Å². The van der Waals surface area contributed by atoms with Gasteiger partial charge in [-0.05, 0) is 74.2 Å². The smallest absolute Gasteiger partial charge is 0.465 e. The number of aromatic nitrogens is 1. The molecule has 0 saturated carbocycles. The zero-order valence-electron chi connectivity index (χ0n) is 19.1. The second-order valence-electron chi connectivity index (χ2n) is 7.62. The van der Waals surface area contributed by atoms with E-state index in [9.17, 15) is 26.4 Å². The number of carbonyl (C=O) groups excluding carboxylic acids is 1. The van der Waals surface area contributed by atoms with Crippen molar-refractivity contribution in [3.63, 3.8) is 0 Å². The number of benzene rings is 2. The van der Waals surface area contributed by atoms with Gasteiger partial charge in [0.05, 0.1) is 23.3 Å². The average molecular weight is 529 g/mol. The predicted octanol–water partition coefficient (Wildman–Crippen LogP) is 5.02. The van der Waals surface area contributed by atoms with Crippen LogP contribution in [-0.4, -0.2) is 39.4 Å². The fourth-order valence-electron chi connectivity index (χ4n) is 3.22. The van der Waals surface area contributed by atoms with E-state index >= 15 is 0 Å². The SMILES string of the molecule is COC(=O)c1cc(S(=O)(=O)NCCCc2csc(-c3ccc(OC(F)(F)F)cc3)n2)cc(C)c1C. The largest absolute Gasteiger partial charge is 0.573 e. The topological polar surface area (TPSA) is 94.6 Å². The van der Waals surface area contributed by atoms with E-state index in [0.29, 0.717) is 34.5 Å². The minimum Gasteiger partial charge on any atom is -0.465 e. The maximum Gasteiger partial charge on any atom is 0.573 e. The lowest BCUT2D eigenvalue weighted by Gasteiger charge is -2.12. The Morgan fingerprint density at radius 1 is 1.14 bits per heavy atom. The van der Waals surface area contributed by atoms with Crippen LogP contribution >= 0.6 is 11.3 Å². The second-order valence-corrected chi connectivity index (χ2v) is 10.2. The number of rotatable bonds is 9. The first-order valence-corrected chi connectivity index (χ1v) is 12.8. The molecular formula is C23H23F3N2O5S2. The molecule has 0 saturated heterocycles. The molecule has 0 atom stereocenters. The molecule has 1 aromatic heterocycles. The fraction of sp³-hybridized carbons (Fsp3) is 0.304. The molecule has 0 unspecified atom stereocenters. The predicted molar refractivity (Wildman–Crippen MR) is 125 cm³/mol. The van der Waals surface area contributed by atoms with E-state index < -0.39 is 22.4 Å². The van der Waals surface area contributed by atoms with Crippen molar-refractivity contribution in [3.8, 4) is 16.3 Å². The molecule has 0 aliphatic rings. The Morgan fingerprint density at radius 2 is 1.83 bits per heavy atom. The summed E-state index contributed by atoms with van der Waals surface area (Å²) in [5.41, 5.74) is 2.88. The van der Waals surface area contributed by atoms with Gasteiger partial charge in [-0.15, -0.1) is 24.5 Å². The summed E-state index contributed by atoms with van der Waals surface area (Å²) in [6.07, 6.45) is -3.79.